The van der Waals surface area contributed by atoms with Crippen molar-refractivity contribution in [3.05, 3.63) is 29.8 Å². The molecule has 82 valence electrons. The normalized spacial score (nSPS) is 18.9. The number of phenolic OH excluding ortho intramolecular Hbond substituents is 1. The van der Waals surface area contributed by atoms with Crippen LogP contribution in [0.1, 0.15) is 18.5 Å². The van der Waals surface area contributed by atoms with Crippen molar-refractivity contribution in [3.63, 3.8) is 0 Å². The zero-order valence-corrected chi connectivity index (χ0v) is 9.27. The van der Waals surface area contributed by atoms with E-state index in [1.807, 2.05) is 12.1 Å². The number of aromatic hydroxyl groups is 1. The molecule has 1 aromatic rings. The minimum absolute atomic E-state index is 0.347. The first-order valence-corrected chi connectivity index (χ1v) is 5.40. The Labute approximate surface area is 90.7 Å². The van der Waals surface area contributed by atoms with Crippen molar-refractivity contribution in [3.8, 4) is 5.75 Å². The summed E-state index contributed by atoms with van der Waals surface area (Å²) in [6.45, 7) is 4.31. The maximum Gasteiger partial charge on any atom is 0.115 e. The molecule has 1 aromatic carbocycles. The second-order valence-corrected chi connectivity index (χ2v) is 4.25. The predicted octanol–water partition coefficient (Wildman–Crippen LogP) is 1.36. The lowest BCUT2D eigenvalue weighted by Crippen LogP contribution is -2.56. The minimum Gasteiger partial charge on any atom is -0.508 e. The molecular weight excluding hydrogens is 188 g/mol. The summed E-state index contributed by atoms with van der Waals surface area (Å²) in [5, 5.41) is 12.7. The summed E-state index contributed by atoms with van der Waals surface area (Å²) in [5.41, 5.74) is 1.17. The average molecular weight is 206 g/mol. The summed E-state index contributed by atoms with van der Waals surface area (Å²) >= 11 is 0. The van der Waals surface area contributed by atoms with E-state index in [2.05, 4.69) is 30.3 Å². The van der Waals surface area contributed by atoms with Gasteiger partial charge in [-0.1, -0.05) is 12.1 Å². The molecule has 1 saturated heterocycles. The van der Waals surface area contributed by atoms with Gasteiger partial charge in [0.25, 0.3) is 0 Å². The molecule has 1 unspecified atom stereocenters. The molecule has 0 aliphatic carbocycles. The molecule has 1 heterocycles. The molecule has 1 aliphatic rings. The summed E-state index contributed by atoms with van der Waals surface area (Å²) < 4.78 is 0. The SMILES string of the molecule is CC(c1cccc(O)c1)N(C)C1CNC1. The molecule has 0 spiro atoms. The Kier molecular flexibility index (Phi) is 2.93. The van der Waals surface area contributed by atoms with Gasteiger partial charge in [-0.15, -0.1) is 0 Å². The molecule has 1 atom stereocenters. The van der Waals surface area contributed by atoms with Gasteiger partial charge in [0.05, 0.1) is 0 Å². The van der Waals surface area contributed by atoms with Crippen molar-refractivity contribution >= 4 is 0 Å². The van der Waals surface area contributed by atoms with E-state index in [4.69, 9.17) is 0 Å². The van der Waals surface area contributed by atoms with Crippen LogP contribution in [-0.2, 0) is 0 Å². The lowest BCUT2D eigenvalue weighted by atomic mass is 10.0. The van der Waals surface area contributed by atoms with Gasteiger partial charge in [-0.2, -0.15) is 0 Å². The number of phenols is 1. The molecule has 3 nitrogen and oxygen atoms in total. The number of nitrogens with zero attached hydrogens (tertiary/aromatic N) is 1. The lowest BCUT2D eigenvalue weighted by molar-refractivity contribution is 0.136. The van der Waals surface area contributed by atoms with Gasteiger partial charge in [0.2, 0.25) is 0 Å². The highest BCUT2D eigenvalue weighted by Crippen LogP contribution is 2.24. The molecule has 0 amide bonds. The third-order valence-electron chi connectivity index (χ3n) is 3.30. The Balaban J connectivity index is 2.08. The smallest absolute Gasteiger partial charge is 0.115 e. The fourth-order valence-electron chi connectivity index (χ4n) is 1.90. The van der Waals surface area contributed by atoms with Crippen molar-refractivity contribution < 1.29 is 5.11 Å². The summed E-state index contributed by atoms with van der Waals surface area (Å²) in [6.07, 6.45) is 0. The quantitative estimate of drug-likeness (QED) is 0.783. The average Bonchev–Trinajstić information content (AvgIpc) is 2.14. The molecule has 0 bridgehead atoms. The molecule has 0 aromatic heterocycles. The molecule has 1 fully saturated rings. The van der Waals surface area contributed by atoms with E-state index >= 15 is 0 Å². The number of hydrogen-bond donors (Lipinski definition) is 2. The highest BCUT2D eigenvalue weighted by atomic mass is 16.3. The van der Waals surface area contributed by atoms with Crippen LogP contribution in [0.3, 0.4) is 0 Å². The Bertz CT molecular complexity index is 336. The number of likely N-dealkylation sites (N-methyl/N-ethyl adjacent to an activating group) is 1. The maximum atomic E-state index is 9.42. The first-order valence-electron chi connectivity index (χ1n) is 5.40. The Morgan fingerprint density at radius 1 is 1.47 bits per heavy atom. The fourth-order valence-corrected chi connectivity index (χ4v) is 1.90. The van der Waals surface area contributed by atoms with Gasteiger partial charge in [-0.05, 0) is 31.7 Å². The molecule has 15 heavy (non-hydrogen) atoms. The van der Waals surface area contributed by atoms with E-state index in [0.717, 1.165) is 13.1 Å². The molecule has 0 radical (unpaired) electrons. The number of rotatable bonds is 3. The van der Waals surface area contributed by atoms with Gasteiger partial charge in [0.1, 0.15) is 5.75 Å². The zero-order valence-electron chi connectivity index (χ0n) is 9.27. The Hall–Kier alpha value is -1.06. The Morgan fingerprint density at radius 3 is 2.73 bits per heavy atom. The summed E-state index contributed by atoms with van der Waals surface area (Å²) in [6, 6.07) is 8.49. The van der Waals surface area contributed by atoms with E-state index in [-0.39, 0.29) is 0 Å². The molecule has 2 rings (SSSR count). The molecule has 3 heteroatoms. The number of benzene rings is 1. The van der Waals surface area contributed by atoms with Crippen LogP contribution >= 0.6 is 0 Å². The molecule has 0 saturated carbocycles. The van der Waals surface area contributed by atoms with Gasteiger partial charge < -0.3 is 10.4 Å². The van der Waals surface area contributed by atoms with Crippen LogP contribution in [0.2, 0.25) is 0 Å². The highest BCUT2D eigenvalue weighted by Gasteiger charge is 2.25. The van der Waals surface area contributed by atoms with Crippen LogP contribution < -0.4 is 5.32 Å². The standard InChI is InChI=1S/C12H18N2O/c1-9(14(2)11-7-13-8-11)10-4-3-5-12(15)6-10/h3-6,9,11,13,15H,7-8H2,1-2H3. The van der Waals surface area contributed by atoms with E-state index in [1.165, 1.54) is 5.56 Å². The third kappa shape index (κ3) is 2.13. The van der Waals surface area contributed by atoms with Crippen LogP contribution in [0.25, 0.3) is 0 Å². The van der Waals surface area contributed by atoms with Crippen molar-refractivity contribution in [2.45, 2.75) is 19.0 Å². The van der Waals surface area contributed by atoms with E-state index in [1.54, 1.807) is 6.07 Å². The van der Waals surface area contributed by atoms with E-state index < -0.39 is 0 Å². The first kappa shape index (κ1) is 10.5. The van der Waals surface area contributed by atoms with E-state index in [9.17, 15) is 5.11 Å². The van der Waals surface area contributed by atoms with Crippen LogP contribution in [-0.4, -0.2) is 36.2 Å². The van der Waals surface area contributed by atoms with Crippen LogP contribution in [0.15, 0.2) is 24.3 Å². The minimum atomic E-state index is 0.347. The van der Waals surface area contributed by atoms with Gasteiger partial charge in [0, 0.05) is 25.2 Å². The molecule has 1 aliphatic heterocycles. The third-order valence-corrected chi connectivity index (χ3v) is 3.30. The maximum absolute atomic E-state index is 9.42. The number of hydrogen-bond acceptors (Lipinski definition) is 3. The molecular formula is C12H18N2O. The van der Waals surface area contributed by atoms with E-state index in [0.29, 0.717) is 17.8 Å². The molecule has 2 N–H and O–H groups in total. The highest BCUT2D eigenvalue weighted by molar-refractivity contribution is 5.29. The second-order valence-electron chi connectivity index (χ2n) is 4.25. The fraction of sp³-hybridized carbons (Fsp3) is 0.500. The summed E-state index contributed by atoms with van der Waals surface area (Å²) in [5.74, 6) is 0.347. The number of nitrogens with one attached hydrogen (secondary N) is 1. The lowest BCUT2D eigenvalue weighted by Gasteiger charge is -2.39. The van der Waals surface area contributed by atoms with Gasteiger partial charge >= 0.3 is 0 Å². The summed E-state index contributed by atoms with van der Waals surface area (Å²) in [7, 11) is 2.14. The van der Waals surface area contributed by atoms with Crippen molar-refractivity contribution in [1.29, 1.82) is 0 Å². The first-order chi connectivity index (χ1) is 7.18. The second kappa shape index (κ2) is 4.21. The van der Waals surface area contributed by atoms with Crippen LogP contribution in [0.5, 0.6) is 5.75 Å². The van der Waals surface area contributed by atoms with Crippen molar-refractivity contribution in [1.82, 2.24) is 10.2 Å². The zero-order chi connectivity index (χ0) is 10.8. The van der Waals surface area contributed by atoms with Gasteiger partial charge in [-0.3, -0.25) is 4.90 Å². The van der Waals surface area contributed by atoms with Crippen LogP contribution in [0, 0.1) is 0 Å². The largest absolute Gasteiger partial charge is 0.508 e. The van der Waals surface area contributed by atoms with Crippen LogP contribution in [0.4, 0.5) is 0 Å². The monoisotopic (exact) mass is 206 g/mol. The summed E-state index contributed by atoms with van der Waals surface area (Å²) in [4.78, 5) is 2.35. The Morgan fingerprint density at radius 2 is 2.20 bits per heavy atom. The predicted molar refractivity (Wildman–Crippen MR) is 60.9 cm³/mol. The van der Waals surface area contributed by atoms with Gasteiger partial charge in [0.15, 0.2) is 0 Å². The van der Waals surface area contributed by atoms with Crippen molar-refractivity contribution in [2.75, 3.05) is 20.1 Å². The van der Waals surface area contributed by atoms with Crippen molar-refractivity contribution in [2.24, 2.45) is 0 Å². The van der Waals surface area contributed by atoms with Gasteiger partial charge in [-0.25, -0.2) is 0 Å². The topological polar surface area (TPSA) is 35.5 Å².